The van der Waals surface area contributed by atoms with Crippen LogP contribution in [0, 0.1) is 56.2 Å². The number of hydrogen-bond donors (Lipinski definition) is 10. The number of carbonyl (C=O) groups is 3. The van der Waals surface area contributed by atoms with Crippen molar-refractivity contribution in [2.75, 3.05) is 26.4 Å². The molecule has 2 bridgehead atoms. The molecule has 78 heavy (non-hydrogen) atoms. The molecule has 5 aliphatic carbocycles. The van der Waals surface area contributed by atoms with Crippen LogP contribution in [-0.2, 0) is 57.0 Å². The van der Waals surface area contributed by atoms with Crippen molar-refractivity contribution in [3.05, 3.63) is 11.6 Å². The molecular weight excluding hydrogens is 1040 g/mol. The smallest absolute Gasteiger partial charge is 0.547 e. The van der Waals surface area contributed by atoms with Gasteiger partial charge in [0.1, 0.15) is 79.9 Å². The summed E-state index contributed by atoms with van der Waals surface area (Å²) in [6.45, 7) is 15.8. The number of allylic oxidation sites excluding steroid dienone is 2. The van der Waals surface area contributed by atoms with E-state index < -0.39 is 187 Å². The molecule has 8 fully saturated rings. The molecule has 0 amide bonds. The van der Waals surface area contributed by atoms with Crippen molar-refractivity contribution in [3.63, 3.8) is 0 Å². The van der Waals surface area contributed by atoms with Crippen molar-refractivity contribution in [1.29, 1.82) is 0 Å². The summed E-state index contributed by atoms with van der Waals surface area (Å²) in [5.74, 6) is -4.10. The Hall–Kier alpha value is -1.53. The van der Waals surface area contributed by atoms with Gasteiger partial charge in [0.05, 0.1) is 61.5 Å². The number of ether oxygens (including phenoxy) is 9. The van der Waals surface area contributed by atoms with E-state index in [1.807, 2.05) is 6.92 Å². The Morgan fingerprint density at radius 2 is 1.44 bits per heavy atom. The van der Waals surface area contributed by atoms with Crippen LogP contribution in [0.5, 0.6) is 0 Å². The second-order valence-corrected chi connectivity index (χ2v) is 25.8. The van der Waals surface area contributed by atoms with E-state index in [0.29, 0.717) is 44.9 Å². The second kappa shape index (κ2) is 22.5. The molecule has 4 saturated carbocycles. The minimum atomic E-state index is -2.20. The average molecular weight is 1120 g/mol. The van der Waals surface area contributed by atoms with Gasteiger partial charge in [-0.25, -0.2) is 0 Å². The van der Waals surface area contributed by atoms with E-state index in [9.17, 15) is 70.6 Å². The zero-order valence-electron chi connectivity index (χ0n) is 46.4. The van der Waals surface area contributed by atoms with Crippen molar-refractivity contribution in [2.45, 2.75) is 224 Å². The molecule has 4 saturated heterocycles. The Morgan fingerprint density at radius 1 is 0.769 bits per heavy atom. The standard InChI is InChI=1S/C54H84O23.Na/c1-22(23(2)71-24(3)57)45(68)70-21-54-26-16-49(4,5)43(42(54)65)73-32(54)17-53(9)25(26)10-11-30-50(6)14-13-31(51(7,20-56)29(50)12-15-52(30,53)8)74-48-40(76-46-36(62)33(59)27(58)19-69-46)38(64)39(41(77-48)44(66)67)75-47-37(63)35(61)34(60)28(18-55)72-47;/h10,22-23,26-43,46-48,55-56,58-65H,11-21H2,1-9H3,(H,66,67);/q;+1/p-1. The van der Waals surface area contributed by atoms with Crippen LogP contribution in [0.4, 0.5) is 0 Å². The fraction of sp³-hybridized carbons (Fsp3) is 0.907. The van der Waals surface area contributed by atoms with Gasteiger partial charge in [0, 0.05) is 12.3 Å². The van der Waals surface area contributed by atoms with Gasteiger partial charge in [-0.05, 0) is 98.2 Å². The summed E-state index contributed by atoms with van der Waals surface area (Å²) in [5.41, 5.74) is -2.45. The van der Waals surface area contributed by atoms with Crippen LogP contribution >= 0.6 is 0 Å². The van der Waals surface area contributed by atoms with Crippen molar-refractivity contribution in [2.24, 2.45) is 56.2 Å². The maximum atomic E-state index is 13.6. The van der Waals surface area contributed by atoms with E-state index >= 15 is 0 Å². The minimum Gasteiger partial charge on any atom is -0.547 e. The molecule has 23 nitrogen and oxygen atoms in total. The van der Waals surface area contributed by atoms with Crippen LogP contribution in [-0.4, -0.2) is 212 Å². The first-order valence-electron chi connectivity index (χ1n) is 27.4. The second-order valence-electron chi connectivity index (χ2n) is 25.8. The maximum Gasteiger partial charge on any atom is 1.00 e. The number of hydrogen-bond acceptors (Lipinski definition) is 23. The average Bonchev–Trinajstić information content (AvgIpc) is 3.34. The number of rotatable bonds is 14. The fourth-order valence-corrected chi connectivity index (χ4v) is 16.5. The molecule has 0 spiro atoms. The number of esters is 2. The Bertz CT molecular complexity index is 2240. The summed E-state index contributed by atoms with van der Waals surface area (Å²) in [6, 6.07) is 0. The van der Waals surface area contributed by atoms with Crippen LogP contribution in [0.25, 0.3) is 0 Å². The first-order valence-corrected chi connectivity index (χ1v) is 27.4. The van der Waals surface area contributed by atoms with Crippen molar-refractivity contribution in [3.8, 4) is 0 Å². The number of aliphatic hydroxyl groups excluding tert-OH is 10. The Labute approximate surface area is 476 Å². The first-order chi connectivity index (χ1) is 36.0. The third-order valence-electron chi connectivity index (χ3n) is 21.3. The van der Waals surface area contributed by atoms with Crippen molar-refractivity contribution < 1.29 is 143 Å². The van der Waals surface area contributed by atoms with Crippen molar-refractivity contribution >= 4 is 17.9 Å². The summed E-state index contributed by atoms with van der Waals surface area (Å²) in [5, 5.41) is 123. The predicted molar refractivity (Wildman–Crippen MR) is 258 cm³/mol. The Morgan fingerprint density at radius 3 is 2.08 bits per heavy atom. The third kappa shape index (κ3) is 9.81. The summed E-state index contributed by atoms with van der Waals surface area (Å²) >= 11 is 0. The van der Waals surface area contributed by atoms with E-state index in [1.54, 1.807) is 13.8 Å². The van der Waals surface area contributed by atoms with Crippen molar-refractivity contribution in [1.82, 2.24) is 0 Å². The van der Waals surface area contributed by atoms with Crippen LogP contribution in [0.2, 0.25) is 0 Å². The summed E-state index contributed by atoms with van der Waals surface area (Å²) in [7, 11) is 0. The molecule has 0 aromatic carbocycles. The molecule has 10 N–H and O–H groups in total. The Kier molecular flexibility index (Phi) is 18.0. The summed E-state index contributed by atoms with van der Waals surface area (Å²) in [4.78, 5) is 38.3. The van der Waals surface area contributed by atoms with Gasteiger partial charge in [-0.2, -0.15) is 0 Å². The zero-order valence-corrected chi connectivity index (χ0v) is 48.4. The van der Waals surface area contributed by atoms with Gasteiger partial charge in [0.15, 0.2) is 18.9 Å². The number of carboxylic acid groups (broad SMARTS) is 1. The van der Waals surface area contributed by atoms with Crippen LogP contribution in [0.15, 0.2) is 11.6 Å². The quantitative estimate of drug-likeness (QED) is 0.0337. The van der Waals surface area contributed by atoms with E-state index in [4.69, 9.17) is 42.6 Å². The molecule has 28 unspecified atom stereocenters. The molecule has 28 atom stereocenters. The number of carboxylic acids is 1. The van der Waals surface area contributed by atoms with Gasteiger partial charge in [-0.3, -0.25) is 9.59 Å². The predicted octanol–water partition coefficient (Wildman–Crippen LogP) is -4.92. The van der Waals surface area contributed by atoms with Gasteiger partial charge in [0.25, 0.3) is 0 Å². The number of aliphatic hydroxyl groups is 10. The number of fused-ring (bicyclic) bond motifs is 7. The normalized spacial score (nSPS) is 51.0. The van der Waals surface area contributed by atoms with Gasteiger partial charge in [0.2, 0.25) is 0 Å². The largest absolute Gasteiger partial charge is 1.00 e. The molecule has 0 radical (unpaired) electrons. The summed E-state index contributed by atoms with van der Waals surface area (Å²) < 4.78 is 54.1. The number of aliphatic carboxylic acids is 1. The van der Waals surface area contributed by atoms with Gasteiger partial charge in [-0.15, -0.1) is 0 Å². The fourth-order valence-electron chi connectivity index (χ4n) is 16.5. The molecule has 9 aliphatic rings. The molecule has 0 aromatic rings. The molecular formula is C54H83NaO23. The zero-order chi connectivity index (χ0) is 56.4. The van der Waals surface area contributed by atoms with E-state index in [1.165, 1.54) is 12.5 Å². The molecule has 4 heterocycles. The van der Waals surface area contributed by atoms with E-state index in [-0.39, 0.29) is 59.3 Å². The van der Waals surface area contributed by atoms with Crippen LogP contribution in [0.3, 0.4) is 0 Å². The molecule has 0 aromatic heterocycles. The van der Waals surface area contributed by atoms with E-state index in [2.05, 4.69) is 40.7 Å². The third-order valence-corrected chi connectivity index (χ3v) is 21.3. The minimum absolute atomic E-state index is 0. The van der Waals surface area contributed by atoms with Gasteiger partial charge < -0.3 is 104 Å². The van der Waals surface area contributed by atoms with Gasteiger partial charge in [-0.1, -0.05) is 53.2 Å². The first kappa shape index (κ1) is 62.5. The van der Waals surface area contributed by atoms with E-state index in [0.717, 1.165) is 0 Å². The van der Waals surface area contributed by atoms with Crippen LogP contribution in [0.1, 0.15) is 107 Å². The number of carbonyl (C=O) groups excluding carboxylic acids is 3. The maximum absolute atomic E-state index is 13.6. The Balaban J connectivity index is 0.00000803. The SMILES string of the molecule is CC(=O)OC(C)C(C)C(=O)OCC12C3CC4(C)C(=CCC5C6(C)CCC(OC7OC(C(=O)[O-])C(OC8OC(CO)C(O)C(O)C8O)C(O)C7OC7OCC(O)C(O)C7O)C(C)(CO)C6CCC54C)C1CC(C)(C)C(O3)C2O.[Na+]. The molecule has 24 heteroatoms. The molecule has 4 aliphatic heterocycles. The topological polar surface area (TPSA) is 360 Å². The molecule has 438 valence electrons. The molecule has 9 rings (SSSR count). The summed E-state index contributed by atoms with van der Waals surface area (Å²) in [6.07, 6.45) is -23.3. The monoisotopic (exact) mass is 1120 g/mol. The van der Waals surface area contributed by atoms with Gasteiger partial charge >= 0.3 is 41.5 Å². The van der Waals surface area contributed by atoms with Crippen LogP contribution < -0.4 is 34.7 Å².